The predicted octanol–water partition coefficient (Wildman–Crippen LogP) is 2.85. The van der Waals surface area contributed by atoms with E-state index in [2.05, 4.69) is 6.92 Å². The first-order chi connectivity index (χ1) is 8.15. The maximum absolute atomic E-state index is 9.66. The monoisotopic (exact) mass is 238 g/mol. The van der Waals surface area contributed by atoms with E-state index in [1.54, 1.807) is 6.92 Å². The zero-order valence-corrected chi connectivity index (χ0v) is 10.9. The van der Waals surface area contributed by atoms with Crippen LogP contribution in [0.2, 0.25) is 0 Å². The van der Waals surface area contributed by atoms with Crippen LogP contribution in [-0.2, 0) is 4.74 Å². The Balaban J connectivity index is 2.52. The van der Waals surface area contributed by atoms with Gasteiger partial charge in [-0.3, -0.25) is 0 Å². The highest BCUT2D eigenvalue weighted by molar-refractivity contribution is 5.38. The van der Waals surface area contributed by atoms with Gasteiger partial charge >= 0.3 is 0 Å². The molecule has 1 aromatic rings. The smallest absolute Gasteiger partial charge is 0.125 e. The van der Waals surface area contributed by atoms with Crippen molar-refractivity contribution < 1.29 is 14.6 Å². The van der Waals surface area contributed by atoms with Crippen LogP contribution in [0.3, 0.4) is 0 Å². The molecule has 1 atom stereocenters. The largest absolute Gasteiger partial charge is 0.491 e. The summed E-state index contributed by atoms with van der Waals surface area (Å²) in [6.07, 6.45) is 0.505. The maximum Gasteiger partial charge on any atom is 0.125 e. The van der Waals surface area contributed by atoms with Crippen molar-refractivity contribution in [1.82, 2.24) is 0 Å². The van der Waals surface area contributed by atoms with E-state index < -0.39 is 6.10 Å². The van der Waals surface area contributed by atoms with Gasteiger partial charge in [0.2, 0.25) is 0 Å². The average molecular weight is 238 g/mol. The van der Waals surface area contributed by atoms with Gasteiger partial charge in [0.15, 0.2) is 0 Å². The molecule has 1 rings (SSSR count). The predicted molar refractivity (Wildman–Crippen MR) is 68.4 cm³/mol. The van der Waals surface area contributed by atoms with E-state index in [0.717, 1.165) is 29.9 Å². The first-order valence-corrected chi connectivity index (χ1v) is 6.14. The van der Waals surface area contributed by atoms with Gasteiger partial charge in [-0.2, -0.15) is 0 Å². The van der Waals surface area contributed by atoms with Crippen LogP contribution in [0.5, 0.6) is 5.75 Å². The highest BCUT2D eigenvalue weighted by Gasteiger charge is 2.09. The summed E-state index contributed by atoms with van der Waals surface area (Å²) < 4.78 is 11.0. The molecular weight excluding hydrogens is 216 g/mol. The minimum atomic E-state index is -0.513. The van der Waals surface area contributed by atoms with E-state index in [-0.39, 0.29) is 0 Å². The minimum Gasteiger partial charge on any atom is -0.491 e. The summed E-state index contributed by atoms with van der Waals surface area (Å²) in [4.78, 5) is 0. The fourth-order valence-electron chi connectivity index (χ4n) is 1.58. The fourth-order valence-corrected chi connectivity index (χ4v) is 1.58. The van der Waals surface area contributed by atoms with Gasteiger partial charge in [0.1, 0.15) is 12.4 Å². The summed E-state index contributed by atoms with van der Waals surface area (Å²) in [6.45, 7) is 7.69. The Hall–Kier alpha value is -1.06. The zero-order chi connectivity index (χ0) is 12.7. The highest BCUT2D eigenvalue weighted by atomic mass is 16.5. The van der Waals surface area contributed by atoms with Crippen molar-refractivity contribution in [2.75, 3.05) is 19.8 Å². The van der Waals surface area contributed by atoms with Crippen LogP contribution in [0.1, 0.15) is 37.5 Å². The Kier molecular flexibility index (Phi) is 6.01. The molecule has 0 aliphatic heterocycles. The number of hydrogen-bond acceptors (Lipinski definition) is 3. The standard InChI is InChI=1S/C14H22O3/c1-4-7-16-8-9-17-14-6-5-11(2)10-13(14)12(3)15/h5-6,10,12,15H,4,7-9H2,1-3H3/t12-/m0/s1. The third-order valence-electron chi connectivity index (χ3n) is 2.45. The van der Waals surface area contributed by atoms with E-state index in [1.807, 2.05) is 25.1 Å². The van der Waals surface area contributed by atoms with Gasteiger partial charge in [0, 0.05) is 12.2 Å². The van der Waals surface area contributed by atoms with Crippen molar-refractivity contribution in [2.45, 2.75) is 33.3 Å². The molecule has 0 aromatic heterocycles. The summed E-state index contributed by atoms with van der Waals surface area (Å²) in [5.74, 6) is 0.741. The number of aryl methyl sites for hydroxylation is 1. The lowest BCUT2D eigenvalue weighted by Crippen LogP contribution is -2.09. The van der Waals surface area contributed by atoms with E-state index >= 15 is 0 Å². The molecule has 17 heavy (non-hydrogen) atoms. The van der Waals surface area contributed by atoms with Crippen molar-refractivity contribution in [2.24, 2.45) is 0 Å². The molecule has 3 heteroatoms. The van der Waals surface area contributed by atoms with Gasteiger partial charge in [0.05, 0.1) is 12.7 Å². The Morgan fingerprint density at radius 1 is 1.24 bits per heavy atom. The zero-order valence-electron chi connectivity index (χ0n) is 10.9. The van der Waals surface area contributed by atoms with Gasteiger partial charge in [-0.05, 0) is 32.4 Å². The molecule has 0 unspecified atom stereocenters. The summed E-state index contributed by atoms with van der Waals surface area (Å²) in [7, 11) is 0. The van der Waals surface area contributed by atoms with Crippen LogP contribution >= 0.6 is 0 Å². The maximum atomic E-state index is 9.66. The summed E-state index contributed by atoms with van der Waals surface area (Å²) >= 11 is 0. The lowest BCUT2D eigenvalue weighted by molar-refractivity contribution is 0.0986. The second kappa shape index (κ2) is 7.30. The molecule has 3 nitrogen and oxygen atoms in total. The number of rotatable bonds is 7. The van der Waals surface area contributed by atoms with Crippen molar-refractivity contribution >= 4 is 0 Å². The van der Waals surface area contributed by atoms with Gasteiger partial charge in [-0.25, -0.2) is 0 Å². The molecule has 0 bridgehead atoms. The van der Waals surface area contributed by atoms with Gasteiger partial charge < -0.3 is 14.6 Å². The number of aliphatic hydroxyl groups is 1. The third-order valence-corrected chi connectivity index (χ3v) is 2.45. The van der Waals surface area contributed by atoms with Crippen LogP contribution in [0.25, 0.3) is 0 Å². The average Bonchev–Trinajstić information content (AvgIpc) is 2.30. The number of benzene rings is 1. The molecular formula is C14H22O3. The van der Waals surface area contributed by atoms with E-state index in [9.17, 15) is 5.11 Å². The molecule has 0 heterocycles. The SMILES string of the molecule is CCCOCCOc1ccc(C)cc1[C@H](C)O. The second-order valence-electron chi connectivity index (χ2n) is 4.18. The minimum absolute atomic E-state index is 0.513. The Labute approximate surface area is 103 Å². The highest BCUT2D eigenvalue weighted by Crippen LogP contribution is 2.26. The molecule has 1 N–H and O–H groups in total. The summed E-state index contributed by atoms with van der Waals surface area (Å²) in [5, 5.41) is 9.66. The van der Waals surface area contributed by atoms with Crippen LogP contribution in [0.15, 0.2) is 18.2 Å². The molecule has 0 aliphatic carbocycles. The number of aliphatic hydroxyl groups excluding tert-OH is 1. The van der Waals surface area contributed by atoms with E-state index in [1.165, 1.54) is 0 Å². The van der Waals surface area contributed by atoms with Crippen molar-refractivity contribution in [1.29, 1.82) is 0 Å². The first kappa shape index (κ1) is 14.0. The molecule has 1 aromatic carbocycles. The van der Waals surface area contributed by atoms with Crippen molar-refractivity contribution in [3.63, 3.8) is 0 Å². The topological polar surface area (TPSA) is 38.7 Å². The molecule has 96 valence electrons. The summed E-state index contributed by atoms with van der Waals surface area (Å²) in [6, 6.07) is 5.83. The second-order valence-corrected chi connectivity index (χ2v) is 4.18. The van der Waals surface area contributed by atoms with Crippen LogP contribution in [0.4, 0.5) is 0 Å². The van der Waals surface area contributed by atoms with Crippen LogP contribution < -0.4 is 4.74 Å². The molecule has 0 spiro atoms. The third kappa shape index (κ3) is 4.75. The molecule has 0 saturated carbocycles. The molecule has 0 radical (unpaired) electrons. The number of hydrogen-bond donors (Lipinski definition) is 1. The Bertz CT molecular complexity index is 334. The van der Waals surface area contributed by atoms with Gasteiger partial charge in [0.25, 0.3) is 0 Å². The number of ether oxygens (including phenoxy) is 2. The van der Waals surface area contributed by atoms with Crippen molar-refractivity contribution in [3.8, 4) is 5.75 Å². The first-order valence-electron chi connectivity index (χ1n) is 6.14. The van der Waals surface area contributed by atoms with Crippen molar-refractivity contribution in [3.05, 3.63) is 29.3 Å². The lowest BCUT2D eigenvalue weighted by atomic mass is 10.1. The molecule has 0 fully saturated rings. The molecule has 0 amide bonds. The van der Waals surface area contributed by atoms with Crippen LogP contribution in [-0.4, -0.2) is 24.9 Å². The normalized spacial score (nSPS) is 12.5. The van der Waals surface area contributed by atoms with E-state index in [4.69, 9.17) is 9.47 Å². The quantitative estimate of drug-likeness (QED) is 0.742. The molecule has 0 saturated heterocycles. The van der Waals surface area contributed by atoms with Gasteiger partial charge in [-0.15, -0.1) is 0 Å². The lowest BCUT2D eigenvalue weighted by Gasteiger charge is -2.14. The summed E-state index contributed by atoms with van der Waals surface area (Å²) in [5.41, 5.74) is 1.95. The Morgan fingerprint density at radius 2 is 2.00 bits per heavy atom. The van der Waals surface area contributed by atoms with Crippen LogP contribution in [0, 0.1) is 6.92 Å². The molecule has 0 aliphatic rings. The van der Waals surface area contributed by atoms with E-state index in [0.29, 0.717) is 13.2 Å². The van der Waals surface area contributed by atoms with Gasteiger partial charge in [-0.1, -0.05) is 18.6 Å². The fraction of sp³-hybridized carbons (Fsp3) is 0.571. The Morgan fingerprint density at radius 3 is 2.65 bits per heavy atom.